The van der Waals surface area contributed by atoms with Crippen LogP contribution in [0.1, 0.15) is 25.7 Å². The van der Waals surface area contributed by atoms with Crippen LogP contribution in [0.15, 0.2) is 5.29 Å². The molecular weight excluding hydrogens is 213 g/mol. The minimum Gasteiger partial charge on any atom is -0.333 e. The highest BCUT2D eigenvalue weighted by Gasteiger charge is 2.40. The van der Waals surface area contributed by atoms with E-state index in [1.165, 1.54) is 12.8 Å². The van der Waals surface area contributed by atoms with E-state index in [-0.39, 0.29) is 12.6 Å². The molecular formula is C10H16FN3O2. The zero-order chi connectivity index (χ0) is 11.5. The first-order valence-electron chi connectivity index (χ1n) is 5.72. The highest BCUT2D eigenvalue weighted by atomic mass is 19.1. The van der Waals surface area contributed by atoms with Crippen molar-refractivity contribution in [3.05, 3.63) is 4.91 Å². The standard InChI is InChI=1S/C10H16FN3O2/c11-3-4-14(13-16)10(15)12-9-6-7-1-2-8(9)5-7/h7-9H,1-6H2,(H,12,15)/t7-,8+,9+/m1/s1. The molecule has 0 aromatic rings. The van der Waals surface area contributed by atoms with E-state index in [2.05, 4.69) is 10.6 Å². The molecule has 0 heterocycles. The Hall–Kier alpha value is -1.20. The number of carbonyl (C=O) groups excluding carboxylic acids is 1. The molecule has 16 heavy (non-hydrogen) atoms. The van der Waals surface area contributed by atoms with E-state index in [4.69, 9.17) is 0 Å². The molecule has 90 valence electrons. The first kappa shape index (κ1) is 11.3. The summed E-state index contributed by atoms with van der Waals surface area (Å²) in [6.07, 6.45) is 4.55. The number of carbonyl (C=O) groups is 1. The highest BCUT2D eigenvalue weighted by molar-refractivity contribution is 5.74. The van der Waals surface area contributed by atoms with Gasteiger partial charge in [-0.1, -0.05) is 6.42 Å². The van der Waals surface area contributed by atoms with E-state index in [0.29, 0.717) is 16.8 Å². The summed E-state index contributed by atoms with van der Waals surface area (Å²) in [5.41, 5.74) is 0. The maximum absolute atomic E-state index is 12.0. The van der Waals surface area contributed by atoms with Gasteiger partial charge in [0, 0.05) is 6.04 Å². The molecule has 0 aromatic carbocycles. The summed E-state index contributed by atoms with van der Waals surface area (Å²) in [6.45, 7) is -1.02. The van der Waals surface area contributed by atoms with Gasteiger partial charge in [0.2, 0.25) is 0 Å². The molecule has 2 aliphatic rings. The van der Waals surface area contributed by atoms with Gasteiger partial charge in [0.05, 0.1) is 11.8 Å². The Bertz CT molecular complexity index is 287. The van der Waals surface area contributed by atoms with Crippen LogP contribution in [0.25, 0.3) is 0 Å². The third-order valence-corrected chi connectivity index (χ3v) is 3.68. The molecule has 0 aromatic heterocycles. The van der Waals surface area contributed by atoms with Crippen molar-refractivity contribution in [1.82, 2.24) is 10.3 Å². The Balaban J connectivity index is 1.84. The summed E-state index contributed by atoms with van der Waals surface area (Å²) in [6, 6.07) is -0.416. The summed E-state index contributed by atoms with van der Waals surface area (Å²) in [5, 5.41) is 5.90. The topological polar surface area (TPSA) is 61.8 Å². The molecule has 1 N–H and O–H groups in total. The molecule has 3 atom stereocenters. The van der Waals surface area contributed by atoms with Crippen LogP contribution in [0, 0.1) is 16.7 Å². The van der Waals surface area contributed by atoms with Crippen LogP contribution in [0.4, 0.5) is 9.18 Å². The Kier molecular flexibility index (Phi) is 3.36. The third-order valence-electron chi connectivity index (χ3n) is 3.68. The number of hydrogen-bond donors (Lipinski definition) is 1. The van der Waals surface area contributed by atoms with Gasteiger partial charge in [-0.05, 0) is 31.1 Å². The quantitative estimate of drug-likeness (QED) is 0.590. The molecule has 2 fully saturated rings. The summed E-state index contributed by atoms with van der Waals surface area (Å²) in [4.78, 5) is 21.9. The van der Waals surface area contributed by atoms with Gasteiger partial charge in [-0.3, -0.25) is 0 Å². The molecule has 0 unspecified atom stereocenters. The van der Waals surface area contributed by atoms with Crippen molar-refractivity contribution in [3.8, 4) is 0 Å². The second-order valence-electron chi connectivity index (χ2n) is 4.62. The minimum absolute atomic E-state index is 0.148. The van der Waals surface area contributed by atoms with Gasteiger partial charge in [0.1, 0.15) is 6.67 Å². The summed E-state index contributed by atoms with van der Waals surface area (Å²) in [5.74, 6) is 1.25. The lowest BCUT2D eigenvalue weighted by molar-refractivity contribution is 0.185. The number of halogens is 1. The number of alkyl halides is 1. The molecule has 2 bridgehead atoms. The van der Waals surface area contributed by atoms with Crippen molar-refractivity contribution in [2.24, 2.45) is 17.1 Å². The van der Waals surface area contributed by atoms with Gasteiger partial charge in [-0.15, -0.1) is 4.91 Å². The fraction of sp³-hybridized carbons (Fsp3) is 0.900. The first-order chi connectivity index (χ1) is 7.74. The molecule has 0 spiro atoms. The Morgan fingerprint density at radius 2 is 2.25 bits per heavy atom. The number of nitrogens with zero attached hydrogens (tertiary/aromatic N) is 2. The van der Waals surface area contributed by atoms with Crippen molar-refractivity contribution in [2.45, 2.75) is 31.7 Å². The second kappa shape index (κ2) is 4.76. The molecule has 5 nitrogen and oxygen atoms in total. The van der Waals surface area contributed by atoms with Crippen LogP contribution in [-0.4, -0.2) is 30.3 Å². The van der Waals surface area contributed by atoms with Crippen LogP contribution in [0.2, 0.25) is 0 Å². The van der Waals surface area contributed by atoms with E-state index in [1.807, 2.05) is 0 Å². The van der Waals surface area contributed by atoms with Gasteiger partial charge < -0.3 is 5.32 Å². The van der Waals surface area contributed by atoms with E-state index >= 15 is 0 Å². The van der Waals surface area contributed by atoms with Crippen molar-refractivity contribution in [1.29, 1.82) is 0 Å². The molecule has 2 aliphatic carbocycles. The highest BCUT2D eigenvalue weighted by Crippen LogP contribution is 2.44. The Morgan fingerprint density at radius 1 is 1.44 bits per heavy atom. The summed E-state index contributed by atoms with van der Waals surface area (Å²) < 4.78 is 12.0. The molecule has 0 saturated heterocycles. The monoisotopic (exact) mass is 229 g/mol. The Morgan fingerprint density at radius 3 is 2.75 bits per heavy atom. The summed E-state index contributed by atoms with van der Waals surface area (Å²) >= 11 is 0. The second-order valence-corrected chi connectivity index (χ2v) is 4.62. The van der Waals surface area contributed by atoms with Gasteiger partial charge in [0.25, 0.3) is 0 Å². The smallest absolute Gasteiger partial charge is 0.333 e. The fourth-order valence-electron chi connectivity index (χ4n) is 2.91. The molecule has 2 amide bonds. The minimum atomic E-state index is -0.754. The Labute approximate surface area is 93.3 Å². The van der Waals surface area contributed by atoms with Crippen molar-refractivity contribution < 1.29 is 9.18 Å². The summed E-state index contributed by atoms with van der Waals surface area (Å²) in [7, 11) is 0. The zero-order valence-corrected chi connectivity index (χ0v) is 9.06. The number of nitrogens with one attached hydrogen (secondary N) is 1. The molecule has 0 aliphatic heterocycles. The number of amides is 2. The number of rotatable bonds is 4. The normalized spacial score (nSPS) is 31.4. The van der Waals surface area contributed by atoms with Crippen LogP contribution in [-0.2, 0) is 0 Å². The maximum Gasteiger partial charge on any atom is 0.340 e. The van der Waals surface area contributed by atoms with Crippen LogP contribution < -0.4 is 5.32 Å². The molecule has 2 rings (SSSR count). The van der Waals surface area contributed by atoms with Crippen LogP contribution in [0.3, 0.4) is 0 Å². The van der Waals surface area contributed by atoms with E-state index in [1.54, 1.807) is 0 Å². The van der Waals surface area contributed by atoms with Crippen LogP contribution >= 0.6 is 0 Å². The predicted molar refractivity (Wildman–Crippen MR) is 56.2 cm³/mol. The fourth-order valence-corrected chi connectivity index (χ4v) is 2.91. The SMILES string of the molecule is O=NN(CCF)C(=O)N[C@H]1C[C@@H]2CC[C@H]1C2. The average molecular weight is 229 g/mol. The largest absolute Gasteiger partial charge is 0.340 e. The van der Waals surface area contributed by atoms with E-state index in [9.17, 15) is 14.1 Å². The van der Waals surface area contributed by atoms with Gasteiger partial charge in [-0.25, -0.2) is 9.18 Å². The lowest BCUT2D eigenvalue weighted by Crippen LogP contribution is -2.45. The van der Waals surface area contributed by atoms with Gasteiger partial charge in [-0.2, -0.15) is 5.01 Å². The number of nitroso groups, excluding NO2 is 1. The van der Waals surface area contributed by atoms with Gasteiger partial charge in [0.15, 0.2) is 0 Å². The average Bonchev–Trinajstić information content (AvgIpc) is 2.87. The van der Waals surface area contributed by atoms with Crippen molar-refractivity contribution in [2.75, 3.05) is 13.2 Å². The maximum atomic E-state index is 12.0. The number of urea groups is 1. The van der Waals surface area contributed by atoms with Crippen molar-refractivity contribution in [3.63, 3.8) is 0 Å². The van der Waals surface area contributed by atoms with E-state index < -0.39 is 12.7 Å². The zero-order valence-electron chi connectivity index (χ0n) is 9.06. The first-order valence-corrected chi connectivity index (χ1v) is 5.72. The third kappa shape index (κ3) is 2.15. The lowest BCUT2D eigenvalue weighted by Gasteiger charge is -2.24. The molecule has 2 saturated carbocycles. The lowest BCUT2D eigenvalue weighted by atomic mass is 9.95. The van der Waals surface area contributed by atoms with Crippen molar-refractivity contribution >= 4 is 6.03 Å². The van der Waals surface area contributed by atoms with Crippen LogP contribution in [0.5, 0.6) is 0 Å². The predicted octanol–water partition coefficient (Wildman–Crippen LogP) is 1.84. The van der Waals surface area contributed by atoms with E-state index in [0.717, 1.165) is 12.8 Å². The van der Waals surface area contributed by atoms with Gasteiger partial charge >= 0.3 is 6.03 Å². The number of hydrogen-bond acceptors (Lipinski definition) is 3. The molecule has 0 radical (unpaired) electrons. The number of fused-ring (bicyclic) bond motifs is 2. The molecule has 6 heteroatoms.